The Morgan fingerprint density at radius 1 is 1.03 bits per heavy atom. The van der Waals surface area contributed by atoms with E-state index in [1.165, 1.54) is 7.11 Å². The van der Waals surface area contributed by atoms with Crippen LogP contribution in [0.25, 0.3) is 10.9 Å². The first-order valence-electron chi connectivity index (χ1n) is 11.9. The molecule has 0 radical (unpaired) electrons. The van der Waals surface area contributed by atoms with Crippen LogP contribution >= 0.6 is 0 Å². The van der Waals surface area contributed by atoms with E-state index in [0.29, 0.717) is 44.8 Å². The lowest BCUT2D eigenvalue weighted by Gasteiger charge is -2.34. The van der Waals surface area contributed by atoms with E-state index in [-0.39, 0.29) is 17.0 Å². The van der Waals surface area contributed by atoms with Crippen LogP contribution in [-0.4, -0.2) is 68.4 Å². The molecule has 2 fully saturated rings. The minimum Gasteiger partial charge on any atom is -0.474 e. The van der Waals surface area contributed by atoms with Crippen LogP contribution in [0.5, 0.6) is 5.88 Å². The molecule has 9 nitrogen and oxygen atoms in total. The van der Waals surface area contributed by atoms with E-state index in [9.17, 15) is 8.42 Å². The molecule has 0 amide bonds. The normalized spacial score (nSPS) is 21.4. The fourth-order valence-corrected chi connectivity index (χ4v) is 6.26. The van der Waals surface area contributed by atoms with Gasteiger partial charge in [0.1, 0.15) is 11.9 Å². The SMILES string of the molecule is CON(C1CCC(Oc2nc(N3CCOCC3)cc3ncccc23)CC1)S(=O)(=O)c1ccccc1. The first kappa shape index (κ1) is 23.9. The molecule has 0 unspecified atom stereocenters. The Morgan fingerprint density at radius 2 is 1.77 bits per heavy atom. The third-order valence-electron chi connectivity index (χ3n) is 6.56. The molecule has 186 valence electrons. The zero-order valence-corrected chi connectivity index (χ0v) is 20.6. The highest BCUT2D eigenvalue weighted by Gasteiger charge is 2.35. The van der Waals surface area contributed by atoms with Gasteiger partial charge in [-0.3, -0.25) is 9.82 Å². The van der Waals surface area contributed by atoms with Crippen molar-refractivity contribution in [3.05, 3.63) is 54.7 Å². The van der Waals surface area contributed by atoms with Gasteiger partial charge in [-0.05, 0) is 49.9 Å². The number of benzene rings is 1. The van der Waals surface area contributed by atoms with Crippen molar-refractivity contribution in [2.75, 3.05) is 38.3 Å². The van der Waals surface area contributed by atoms with Gasteiger partial charge in [0.2, 0.25) is 5.88 Å². The van der Waals surface area contributed by atoms with Gasteiger partial charge in [0.05, 0.1) is 42.2 Å². The molecule has 1 aromatic carbocycles. The van der Waals surface area contributed by atoms with Gasteiger partial charge in [-0.2, -0.15) is 4.98 Å². The van der Waals surface area contributed by atoms with E-state index in [1.807, 2.05) is 18.2 Å². The summed E-state index contributed by atoms with van der Waals surface area (Å²) in [6.45, 7) is 2.89. The first-order chi connectivity index (χ1) is 17.1. The van der Waals surface area contributed by atoms with E-state index in [1.54, 1.807) is 36.5 Å². The molecule has 0 atom stereocenters. The molecule has 3 aromatic rings. The molecule has 0 spiro atoms. The maximum Gasteiger partial charge on any atom is 0.265 e. The molecule has 35 heavy (non-hydrogen) atoms. The average Bonchev–Trinajstić information content (AvgIpc) is 2.91. The number of fused-ring (bicyclic) bond motifs is 1. The molecular formula is C25H30N4O5S. The number of rotatable bonds is 7. The standard InChI is InChI=1S/C25H30N4O5S/c1-32-29(35(30,31)21-6-3-2-4-7-21)19-9-11-20(12-10-19)34-25-22-8-5-13-26-23(22)18-24(27-25)28-14-16-33-17-15-28/h2-8,13,18-20H,9-12,14-17H2,1H3. The zero-order chi connectivity index (χ0) is 24.3. The third-order valence-corrected chi connectivity index (χ3v) is 8.35. The summed E-state index contributed by atoms with van der Waals surface area (Å²) in [7, 11) is -2.33. The number of sulfonamides is 1. The lowest BCUT2D eigenvalue weighted by molar-refractivity contribution is -0.0945. The maximum atomic E-state index is 13.1. The highest BCUT2D eigenvalue weighted by molar-refractivity contribution is 7.89. The van der Waals surface area contributed by atoms with Gasteiger partial charge in [-0.15, -0.1) is 0 Å². The smallest absolute Gasteiger partial charge is 0.265 e. The van der Waals surface area contributed by atoms with Crippen LogP contribution in [0.4, 0.5) is 5.82 Å². The van der Waals surface area contributed by atoms with Crippen LogP contribution in [0.2, 0.25) is 0 Å². The fourth-order valence-electron chi connectivity index (χ4n) is 4.75. The lowest BCUT2D eigenvalue weighted by atomic mass is 9.93. The minimum absolute atomic E-state index is 0.0692. The number of morpholine rings is 1. The summed E-state index contributed by atoms with van der Waals surface area (Å²) < 4.78 is 39.3. The van der Waals surface area contributed by atoms with E-state index >= 15 is 0 Å². The minimum atomic E-state index is -3.74. The predicted molar refractivity (Wildman–Crippen MR) is 132 cm³/mol. The molecule has 1 saturated heterocycles. The topological polar surface area (TPSA) is 94.1 Å². The Labute approximate surface area is 205 Å². The number of anilines is 1. The number of pyridine rings is 2. The number of ether oxygens (including phenoxy) is 2. The van der Waals surface area contributed by atoms with E-state index in [2.05, 4.69) is 9.88 Å². The summed E-state index contributed by atoms with van der Waals surface area (Å²) in [5.74, 6) is 1.41. The quantitative estimate of drug-likeness (QED) is 0.458. The molecule has 2 aromatic heterocycles. The van der Waals surface area contributed by atoms with Gasteiger partial charge in [-0.25, -0.2) is 8.42 Å². The second kappa shape index (κ2) is 10.4. The molecule has 2 aliphatic rings. The summed E-state index contributed by atoms with van der Waals surface area (Å²) in [6.07, 6.45) is 4.35. The predicted octanol–water partition coefficient (Wildman–Crippen LogP) is 3.41. The Bertz CT molecular complexity index is 1240. The molecule has 3 heterocycles. The van der Waals surface area contributed by atoms with E-state index in [4.69, 9.17) is 19.3 Å². The lowest BCUT2D eigenvalue weighted by Crippen LogP contribution is -2.43. The second-order valence-corrected chi connectivity index (χ2v) is 10.5. The van der Waals surface area contributed by atoms with Crippen LogP contribution in [0, 0.1) is 0 Å². The van der Waals surface area contributed by atoms with E-state index < -0.39 is 10.0 Å². The number of hydrogen-bond acceptors (Lipinski definition) is 8. The molecule has 1 aliphatic carbocycles. The summed E-state index contributed by atoms with van der Waals surface area (Å²) in [6, 6.07) is 14.0. The monoisotopic (exact) mass is 498 g/mol. The van der Waals surface area contributed by atoms with Crippen molar-refractivity contribution in [1.29, 1.82) is 0 Å². The Hall–Kier alpha value is -2.79. The second-order valence-electron chi connectivity index (χ2n) is 8.76. The molecule has 1 aliphatic heterocycles. The van der Waals surface area contributed by atoms with Crippen LogP contribution in [0.3, 0.4) is 0 Å². The Morgan fingerprint density at radius 3 is 2.49 bits per heavy atom. The molecule has 5 rings (SSSR count). The van der Waals surface area contributed by atoms with E-state index in [0.717, 1.165) is 34.3 Å². The van der Waals surface area contributed by atoms with Crippen molar-refractivity contribution < 1.29 is 22.7 Å². The fraction of sp³-hybridized carbons (Fsp3) is 0.440. The molecule has 10 heteroatoms. The van der Waals surface area contributed by atoms with Crippen molar-refractivity contribution in [3.63, 3.8) is 0 Å². The maximum absolute atomic E-state index is 13.1. The van der Waals surface area contributed by atoms with Crippen molar-refractivity contribution >= 4 is 26.7 Å². The number of hydrogen-bond donors (Lipinski definition) is 0. The largest absolute Gasteiger partial charge is 0.474 e. The van der Waals surface area contributed by atoms with Crippen LogP contribution in [0.1, 0.15) is 25.7 Å². The molecule has 1 saturated carbocycles. The third kappa shape index (κ3) is 5.11. The van der Waals surface area contributed by atoms with Crippen molar-refractivity contribution in [1.82, 2.24) is 14.4 Å². The highest BCUT2D eigenvalue weighted by atomic mass is 32.2. The van der Waals surface area contributed by atoms with Gasteiger partial charge >= 0.3 is 0 Å². The van der Waals surface area contributed by atoms with Crippen LogP contribution in [-0.2, 0) is 19.6 Å². The van der Waals surface area contributed by atoms with Gasteiger partial charge < -0.3 is 14.4 Å². The zero-order valence-electron chi connectivity index (χ0n) is 19.7. The van der Waals surface area contributed by atoms with Crippen LogP contribution in [0.15, 0.2) is 59.6 Å². The summed E-state index contributed by atoms with van der Waals surface area (Å²) >= 11 is 0. The van der Waals surface area contributed by atoms with Crippen LogP contribution < -0.4 is 9.64 Å². The molecule has 0 N–H and O–H groups in total. The van der Waals surface area contributed by atoms with Crippen molar-refractivity contribution in [2.45, 2.75) is 42.7 Å². The van der Waals surface area contributed by atoms with Gasteiger partial charge in [0.15, 0.2) is 0 Å². The number of nitrogens with zero attached hydrogens (tertiary/aromatic N) is 4. The summed E-state index contributed by atoms with van der Waals surface area (Å²) in [5, 5.41) is 0.872. The molecular weight excluding hydrogens is 468 g/mol. The molecule has 0 bridgehead atoms. The summed E-state index contributed by atoms with van der Waals surface area (Å²) in [5.41, 5.74) is 0.840. The van der Waals surface area contributed by atoms with Gasteiger partial charge in [0, 0.05) is 25.4 Å². The van der Waals surface area contributed by atoms with Gasteiger partial charge in [0.25, 0.3) is 10.0 Å². The Kier molecular flexibility index (Phi) is 7.14. The van der Waals surface area contributed by atoms with Crippen molar-refractivity contribution in [2.24, 2.45) is 0 Å². The van der Waals surface area contributed by atoms with Gasteiger partial charge in [-0.1, -0.05) is 22.7 Å². The summed E-state index contributed by atoms with van der Waals surface area (Å²) in [4.78, 5) is 17.2. The Balaban J connectivity index is 1.31. The number of aromatic nitrogens is 2. The highest BCUT2D eigenvalue weighted by Crippen LogP contribution is 2.33. The number of hydroxylamine groups is 1. The van der Waals surface area contributed by atoms with Crippen molar-refractivity contribution in [3.8, 4) is 5.88 Å². The first-order valence-corrected chi connectivity index (χ1v) is 13.4. The average molecular weight is 499 g/mol.